The average Bonchev–Trinajstić information content (AvgIpc) is 3.18. The van der Waals surface area contributed by atoms with Crippen LogP contribution in [0, 0.1) is 5.82 Å². The molecule has 0 aliphatic rings. The molecule has 3 aromatic rings. The second kappa shape index (κ2) is 8.43. The maximum absolute atomic E-state index is 13.3. The largest absolute Gasteiger partial charge is 0.304 e. The van der Waals surface area contributed by atoms with Crippen molar-refractivity contribution in [2.75, 3.05) is 17.8 Å². The molecule has 26 heavy (non-hydrogen) atoms. The minimum atomic E-state index is -0.312. The van der Waals surface area contributed by atoms with Crippen molar-refractivity contribution in [1.82, 2.24) is 14.2 Å². The van der Waals surface area contributed by atoms with E-state index < -0.39 is 0 Å². The van der Waals surface area contributed by atoms with Crippen LogP contribution in [0.25, 0.3) is 0 Å². The molecule has 10 heteroatoms. The first kappa shape index (κ1) is 19.2. The quantitative estimate of drug-likeness (QED) is 0.567. The molecule has 2 aromatic heterocycles. The van der Waals surface area contributed by atoms with Gasteiger partial charge in [0.05, 0.1) is 16.3 Å². The zero-order chi connectivity index (χ0) is 18.7. The molecular formula is C16H14ClFN4OS3. The number of rotatable bonds is 6. The lowest BCUT2D eigenvalue weighted by Crippen LogP contribution is -2.14. The third-order valence-corrected chi connectivity index (χ3v) is 6.43. The van der Waals surface area contributed by atoms with Crippen molar-refractivity contribution in [3.8, 4) is 0 Å². The summed E-state index contributed by atoms with van der Waals surface area (Å²) >= 11 is 10.4. The van der Waals surface area contributed by atoms with Gasteiger partial charge >= 0.3 is 0 Å². The number of carbonyl (C=O) groups is 1. The molecule has 0 bridgehead atoms. The molecular weight excluding hydrogens is 415 g/mol. The molecule has 0 aliphatic carbocycles. The second-order valence-electron chi connectivity index (χ2n) is 5.17. The van der Waals surface area contributed by atoms with Crippen LogP contribution < -0.4 is 5.32 Å². The Balaban J connectivity index is 1.80. The molecule has 2 heterocycles. The number of benzene rings is 1. The Morgan fingerprint density at radius 3 is 2.88 bits per heavy atom. The predicted octanol–water partition coefficient (Wildman–Crippen LogP) is 4.88. The van der Waals surface area contributed by atoms with Gasteiger partial charge in [0, 0.05) is 6.20 Å². The van der Waals surface area contributed by atoms with Crippen LogP contribution in [-0.4, -0.2) is 32.6 Å². The van der Waals surface area contributed by atoms with E-state index in [4.69, 9.17) is 11.6 Å². The number of aromatic nitrogens is 3. The SMILES string of the molecule is CSc1nsc(SC)c1C(=O)Nc1nn(Cc2cccc(F)c2)cc1Cl. The summed E-state index contributed by atoms with van der Waals surface area (Å²) in [6, 6.07) is 6.24. The van der Waals surface area contributed by atoms with E-state index in [2.05, 4.69) is 14.8 Å². The zero-order valence-corrected chi connectivity index (χ0v) is 17.0. The maximum atomic E-state index is 13.3. The lowest BCUT2D eigenvalue weighted by atomic mass is 10.2. The summed E-state index contributed by atoms with van der Waals surface area (Å²) in [5, 5.41) is 8.03. The summed E-state index contributed by atoms with van der Waals surface area (Å²) in [6.07, 6.45) is 5.37. The number of carbonyl (C=O) groups excluding carboxylic acids is 1. The maximum Gasteiger partial charge on any atom is 0.261 e. The van der Waals surface area contributed by atoms with Crippen LogP contribution in [0.3, 0.4) is 0 Å². The Labute approximate surface area is 167 Å². The molecule has 136 valence electrons. The molecule has 1 aromatic carbocycles. The van der Waals surface area contributed by atoms with Crippen molar-refractivity contribution >= 4 is 58.4 Å². The molecule has 1 N–H and O–H groups in total. The summed E-state index contributed by atoms with van der Waals surface area (Å²) in [4.78, 5) is 12.7. The van der Waals surface area contributed by atoms with Gasteiger partial charge in [0.25, 0.3) is 5.91 Å². The van der Waals surface area contributed by atoms with Gasteiger partial charge in [-0.1, -0.05) is 23.7 Å². The third-order valence-electron chi connectivity index (χ3n) is 3.42. The van der Waals surface area contributed by atoms with Gasteiger partial charge in [-0.2, -0.15) is 9.47 Å². The number of anilines is 1. The predicted molar refractivity (Wildman–Crippen MR) is 106 cm³/mol. The Morgan fingerprint density at radius 2 is 2.19 bits per heavy atom. The van der Waals surface area contributed by atoms with Crippen molar-refractivity contribution in [2.24, 2.45) is 0 Å². The fraction of sp³-hybridized carbons (Fsp3) is 0.188. The minimum absolute atomic E-state index is 0.262. The highest BCUT2D eigenvalue weighted by Gasteiger charge is 2.22. The molecule has 0 unspecified atom stereocenters. The van der Waals surface area contributed by atoms with Gasteiger partial charge in [0.2, 0.25) is 0 Å². The van der Waals surface area contributed by atoms with E-state index in [0.717, 1.165) is 9.77 Å². The zero-order valence-electron chi connectivity index (χ0n) is 13.8. The molecule has 0 saturated carbocycles. The first-order valence-electron chi connectivity index (χ1n) is 7.38. The Kier molecular flexibility index (Phi) is 6.23. The molecule has 0 radical (unpaired) electrons. The average molecular weight is 429 g/mol. The fourth-order valence-corrected chi connectivity index (χ4v) is 4.76. The van der Waals surface area contributed by atoms with Crippen molar-refractivity contribution in [3.05, 3.63) is 52.4 Å². The van der Waals surface area contributed by atoms with Gasteiger partial charge in [-0.15, -0.1) is 23.5 Å². The van der Waals surface area contributed by atoms with Crippen LogP contribution >= 0.6 is 46.7 Å². The van der Waals surface area contributed by atoms with E-state index in [1.165, 1.54) is 47.2 Å². The topological polar surface area (TPSA) is 59.8 Å². The standard InChI is InChI=1S/C16H14ClFN4OS3/c1-24-15-12(16(25-2)26-21-15)14(23)19-13-11(17)8-22(20-13)7-9-4-3-5-10(18)6-9/h3-6,8H,7H2,1-2H3,(H,19,20,23). The first-order chi connectivity index (χ1) is 12.5. The monoisotopic (exact) mass is 428 g/mol. The summed E-state index contributed by atoms with van der Waals surface area (Å²) in [6.45, 7) is 0.347. The fourth-order valence-electron chi connectivity index (χ4n) is 2.29. The van der Waals surface area contributed by atoms with Crippen molar-refractivity contribution in [1.29, 1.82) is 0 Å². The molecule has 0 atom stereocenters. The van der Waals surface area contributed by atoms with Crippen LogP contribution in [0.15, 0.2) is 39.7 Å². The van der Waals surface area contributed by atoms with Gasteiger partial charge in [-0.25, -0.2) is 4.39 Å². The van der Waals surface area contributed by atoms with Crippen molar-refractivity contribution in [2.45, 2.75) is 15.8 Å². The van der Waals surface area contributed by atoms with Crippen LogP contribution in [0.1, 0.15) is 15.9 Å². The molecule has 0 saturated heterocycles. The number of thioether (sulfide) groups is 2. The Bertz CT molecular complexity index is 922. The molecule has 1 amide bonds. The third kappa shape index (κ3) is 4.22. The summed E-state index contributed by atoms with van der Waals surface area (Å²) in [5.74, 6) is -0.350. The van der Waals surface area contributed by atoms with E-state index in [0.29, 0.717) is 22.2 Å². The number of hydrogen-bond donors (Lipinski definition) is 1. The van der Waals surface area contributed by atoms with Crippen LogP contribution in [0.2, 0.25) is 5.02 Å². The smallest absolute Gasteiger partial charge is 0.261 e. The van der Waals surface area contributed by atoms with Gasteiger partial charge in [0.1, 0.15) is 15.9 Å². The highest BCUT2D eigenvalue weighted by Crippen LogP contribution is 2.33. The molecule has 0 aliphatic heterocycles. The summed E-state index contributed by atoms with van der Waals surface area (Å²) in [5.41, 5.74) is 1.28. The highest BCUT2D eigenvalue weighted by molar-refractivity contribution is 8.01. The van der Waals surface area contributed by atoms with E-state index in [1.807, 2.05) is 12.5 Å². The normalized spacial score (nSPS) is 10.9. The van der Waals surface area contributed by atoms with E-state index in [-0.39, 0.29) is 17.5 Å². The summed E-state index contributed by atoms with van der Waals surface area (Å²) in [7, 11) is 0. The molecule has 0 fully saturated rings. The van der Waals surface area contributed by atoms with Crippen molar-refractivity contribution < 1.29 is 9.18 Å². The summed E-state index contributed by atoms with van der Waals surface area (Å²) < 4.78 is 20.0. The van der Waals surface area contributed by atoms with Crippen LogP contribution in [0.4, 0.5) is 10.2 Å². The van der Waals surface area contributed by atoms with E-state index in [9.17, 15) is 9.18 Å². The molecule has 3 rings (SSSR count). The van der Waals surface area contributed by atoms with Crippen LogP contribution in [0.5, 0.6) is 0 Å². The van der Waals surface area contributed by atoms with E-state index >= 15 is 0 Å². The number of halogens is 2. The highest BCUT2D eigenvalue weighted by atomic mass is 35.5. The second-order valence-corrected chi connectivity index (χ2v) is 8.22. The number of nitrogens with one attached hydrogen (secondary N) is 1. The Morgan fingerprint density at radius 1 is 1.38 bits per heavy atom. The van der Waals surface area contributed by atoms with Gasteiger partial charge in [0.15, 0.2) is 5.82 Å². The molecule has 0 spiro atoms. The number of nitrogens with zero attached hydrogens (tertiary/aromatic N) is 3. The van der Waals surface area contributed by atoms with Crippen molar-refractivity contribution in [3.63, 3.8) is 0 Å². The number of amides is 1. The first-order valence-corrected chi connectivity index (χ1v) is 11.0. The van der Waals surface area contributed by atoms with Gasteiger partial charge in [-0.3, -0.25) is 9.48 Å². The van der Waals surface area contributed by atoms with E-state index in [1.54, 1.807) is 23.0 Å². The lowest BCUT2D eigenvalue weighted by Gasteiger charge is -2.04. The Hall–Kier alpha value is -1.55. The number of hydrogen-bond acceptors (Lipinski definition) is 6. The molecule has 5 nitrogen and oxygen atoms in total. The van der Waals surface area contributed by atoms with Gasteiger partial charge < -0.3 is 5.32 Å². The van der Waals surface area contributed by atoms with Gasteiger partial charge in [-0.05, 0) is 41.7 Å². The minimum Gasteiger partial charge on any atom is -0.304 e. The lowest BCUT2D eigenvalue weighted by molar-refractivity contribution is 0.102. The van der Waals surface area contributed by atoms with Crippen LogP contribution in [-0.2, 0) is 6.54 Å².